The Kier molecular flexibility index (Phi) is 8.01. The summed E-state index contributed by atoms with van der Waals surface area (Å²) in [5.41, 5.74) is 1.40. The molecule has 1 aliphatic rings. The van der Waals surface area contributed by atoms with Gasteiger partial charge >= 0.3 is 0 Å². The number of hydrogen-bond acceptors (Lipinski definition) is 6. The van der Waals surface area contributed by atoms with Crippen LogP contribution in [0.4, 0.5) is 5.69 Å². The number of benzene rings is 2. The monoisotopic (exact) mass is 475 g/mol. The summed E-state index contributed by atoms with van der Waals surface area (Å²) in [7, 11) is 0. The van der Waals surface area contributed by atoms with Crippen LogP contribution in [-0.2, 0) is 4.79 Å². The Bertz CT molecular complexity index is 1020. The van der Waals surface area contributed by atoms with E-state index in [-0.39, 0.29) is 5.91 Å². The van der Waals surface area contributed by atoms with Gasteiger partial charge in [-0.15, -0.1) is 0 Å². The lowest BCUT2D eigenvalue weighted by Crippen LogP contribution is -2.27. The first-order valence-corrected chi connectivity index (χ1v) is 11.3. The van der Waals surface area contributed by atoms with E-state index in [1.807, 2.05) is 38.1 Å². The molecule has 0 bridgehead atoms. The van der Waals surface area contributed by atoms with Gasteiger partial charge in [-0.05, 0) is 61.9 Å². The highest BCUT2D eigenvalue weighted by Crippen LogP contribution is 2.40. The minimum Gasteiger partial charge on any atom is -0.494 e. The summed E-state index contributed by atoms with van der Waals surface area (Å²) in [6.07, 6.45) is 3.38. The maximum atomic E-state index is 13.1. The van der Waals surface area contributed by atoms with Crippen molar-refractivity contribution in [2.24, 2.45) is 0 Å². The number of amides is 1. The summed E-state index contributed by atoms with van der Waals surface area (Å²) in [4.78, 5) is 15.1. The fourth-order valence-electron chi connectivity index (χ4n) is 2.92. The summed E-state index contributed by atoms with van der Waals surface area (Å²) >= 11 is 13.1. The number of carbonyl (C=O) groups is 1. The molecule has 31 heavy (non-hydrogen) atoms. The zero-order chi connectivity index (χ0) is 22.4. The predicted molar refractivity (Wildman–Crippen MR) is 132 cm³/mol. The van der Waals surface area contributed by atoms with Gasteiger partial charge in [-0.2, -0.15) is 0 Å². The van der Waals surface area contributed by atoms with Crippen molar-refractivity contribution in [1.29, 1.82) is 0 Å². The standard InChI is InChI=1S/C23H22ClNO4S2/c1-4-11-29-21-18(24)12-15(13-19(21)28-6-3)14-20-22(26)25(23(30)31-20)16-7-9-17(10-8-16)27-5-2/h4,7-10,12-14H,1,5-6,11H2,2-3H3/b20-14-. The second kappa shape index (κ2) is 10.7. The molecule has 162 valence electrons. The molecule has 1 aliphatic heterocycles. The molecular weight excluding hydrogens is 454 g/mol. The molecule has 2 aromatic rings. The van der Waals surface area contributed by atoms with E-state index in [9.17, 15) is 4.79 Å². The Morgan fingerprint density at radius 3 is 2.48 bits per heavy atom. The van der Waals surface area contributed by atoms with Crippen molar-refractivity contribution >= 4 is 57.6 Å². The first kappa shape index (κ1) is 23.2. The van der Waals surface area contributed by atoms with Crippen LogP contribution in [0.2, 0.25) is 5.02 Å². The average Bonchev–Trinajstić information content (AvgIpc) is 3.01. The third-order valence-electron chi connectivity index (χ3n) is 4.17. The van der Waals surface area contributed by atoms with Crippen LogP contribution in [-0.4, -0.2) is 30.0 Å². The number of carbonyl (C=O) groups excluding carboxylic acids is 1. The SMILES string of the molecule is C=CCOc1c(Cl)cc(/C=C2\SC(=S)N(c3ccc(OCC)cc3)C2=O)cc1OCC. The fourth-order valence-corrected chi connectivity index (χ4v) is 4.49. The van der Waals surface area contributed by atoms with Crippen molar-refractivity contribution in [2.45, 2.75) is 13.8 Å². The summed E-state index contributed by atoms with van der Waals surface area (Å²) in [6.45, 7) is 8.77. The zero-order valence-corrected chi connectivity index (χ0v) is 19.6. The third kappa shape index (κ3) is 5.42. The van der Waals surface area contributed by atoms with Crippen molar-refractivity contribution in [3.8, 4) is 17.2 Å². The molecule has 5 nitrogen and oxygen atoms in total. The van der Waals surface area contributed by atoms with Gasteiger partial charge in [0.15, 0.2) is 15.8 Å². The van der Waals surface area contributed by atoms with Gasteiger partial charge in [0, 0.05) is 0 Å². The van der Waals surface area contributed by atoms with Gasteiger partial charge in [0.05, 0.1) is 28.8 Å². The molecule has 8 heteroatoms. The number of rotatable bonds is 9. The van der Waals surface area contributed by atoms with Crippen LogP contribution >= 0.6 is 35.6 Å². The number of anilines is 1. The number of halogens is 1. The van der Waals surface area contributed by atoms with Crippen LogP contribution in [0.3, 0.4) is 0 Å². The fraction of sp³-hybridized carbons (Fsp3) is 0.217. The number of thioether (sulfide) groups is 1. The molecular formula is C23H22ClNO4S2. The molecule has 0 unspecified atom stereocenters. The lowest BCUT2D eigenvalue weighted by atomic mass is 10.1. The maximum Gasteiger partial charge on any atom is 0.270 e. The molecule has 0 saturated carbocycles. The van der Waals surface area contributed by atoms with E-state index >= 15 is 0 Å². The Hall–Kier alpha value is -2.48. The van der Waals surface area contributed by atoms with E-state index in [0.717, 1.165) is 5.75 Å². The van der Waals surface area contributed by atoms with Gasteiger partial charge in [0.1, 0.15) is 12.4 Å². The first-order chi connectivity index (χ1) is 15.0. The number of ether oxygens (including phenoxy) is 3. The molecule has 2 aromatic carbocycles. The summed E-state index contributed by atoms with van der Waals surface area (Å²) in [5.74, 6) is 1.50. The summed E-state index contributed by atoms with van der Waals surface area (Å²) in [6, 6.07) is 10.8. The predicted octanol–water partition coefficient (Wildman–Crippen LogP) is 6.11. The Labute approximate surface area is 196 Å². The van der Waals surface area contributed by atoms with Crippen molar-refractivity contribution < 1.29 is 19.0 Å². The van der Waals surface area contributed by atoms with Crippen LogP contribution in [0.15, 0.2) is 54.0 Å². The van der Waals surface area contributed by atoms with Gasteiger partial charge in [-0.3, -0.25) is 9.69 Å². The lowest BCUT2D eigenvalue weighted by Gasteiger charge is -2.15. The van der Waals surface area contributed by atoms with E-state index in [4.69, 9.17) is 38.0 Å². The Morgan fingerprint density at radius 2 is 1.84 bits per heavy atom. The lowest BCUT2D eigenvalue weighted by molar-refractivity contribution is -0.113. The molecule has 0 spiro atoms. The van der Waals surface area contributed by atoms with Crippen molar-refractivity contribution in [3.63, 3.8) is 0 Å². The highest BCUT2D eigenvalue weighted by molar-refractivity contribution is 8.27. The molecule has 1 fully saturated rings. The van der Waals surface area contributed by atoms with Crippen molar-refractivity contribution in [1.82, 2.24) is 0 Å². The Morgan fingerprint density at radius 1 is 1.13 bits per heavy atom. The first-order valence-electron chi connectivity index (χ1n) is 9.69. The number of thiocarbonyl (C=S) groups is 1. The highest BCUT2D eigenvalue weighted by Gasteiger charge is 2.33. The molecule has 1 heterocycles. The topological polar surface area (TPSA) is 48.0 Å². The minimum absolute atomic E-state index is 0.194. The van der Waals surface area contributed by atoms with Crippen molar-refractivity contribution in [2.75, 3.05) is 24.7 Å². The van der Waals surface area contributed by atoms with Crippen LogP contribution in [0, 0.1) is 0 Å². The van der Waals surface area contributed by atoms with Gasteiger partial charge in [0.25, 0.3) is 5.91 Å². The maximum absolute atomic E-state index is 13.1. The van der Waals surface area contributed by atoms with E-state index in [1.165, 1.54) is 16.7 Å². The normalized spacial score (nSPS) is 14.8. The van der Waals surface area contributed by atoms with E-state index in [1.54, 1.807) is 24.3 Å². The number of nitrogens with zero attached hydrogens (tertiary/aromatic N) is 1. The van der Waals surface area contributed by atoms with Gasteiger partial charge in [-0.25, -0.2) is 0 Å². The van der Waals surface area contributed by atoms with Gasteiger partial charge in [-0.1, -0.05) is 48.2 Å². The van der Waals surface area contributed by atoms with Crippen molar-refractivity contribution in [3.05, 3.63) is 64.5 Å². The molecule has 1 amide bonds. The van der Waals surface area contributed by atoms with Gasteiger partial charge < -0.3 is 14.2 Å². The molecule has 3 rings (SSSR count). The average molecular weight is 476 g/mol. The summed E-state index contributed by atoms with van der Waals surface area (Å²) < 4.78 is 17.2. The van der Waals surface area contributed by atoms with Crippen LogP contribution < -0.4 is 19.1 Å². The van der Waals surface area contributed by atoms with E-state index in [0.29, 0.717) is 56.8 Å². The van der Waals surface area contributed by atoms with E-state index < -0.39 is 0 Å². The minimum atomic E-state index is -0.194. The third-order valence-corrected chi connectivity index (χ3v) is 5.76. The van der Waals surface area contributed by atoms with Crippen LogP contribution in [0.1, 0.15) is 19.4 Å². The molecule has 1 saturated heterocycles. The molecule has 0 radical (unpaired) electrons. The van der Waals surface area contributed by atoms with Crippen LogP contribution in [0.5, 0.6) is 17.2 Å². The molecule has 0 aromatic heterocycles. The molecule has 0 N–H and O–H groups in total. The molecule has 0 aliphatic carbocycles. The largest absolute Gasteiger partial charge is 0.494 e. The number of hydrogen-bond donors (Lipinski definition) is 0. The summed E-state index contributed by atoms with van der Waals surface area (Å²) in [5, 5.41) is 0.390. The highest BCUT2D eigenvalue weighted by atomic mass is 35.5. The Balaban J connectivity index is 1.89. The zero-order valence-electron chi connectivity index (χ0n) is 17.2. The van der Waals surface area contributed by atoms with Gasteiger partial charge in [0.2, 0.25) is 0 Å². The van der Waals surface area contributed by atoms with E-state index in [2.05, 4.69) is 6.58 Å². The second-order valence-corrected chi connectivity index (χ2v) is 8.39. The smallest absolute Gasteiger partial charge is 0.270 e. The molecule has 0 atom stereocenters. The van der Waals surface area contributed by atoms with Crippen LogP contribution in [0.25, 0.3) is 6.08 Å². The second-order valence-electron chi connectivity index (χ2n) is 6.31. The quantitative estimate of drug-likeness (QED) is 0.248.